The number of fused-ring (bicyclic) bond motifs is 1. The molecule has 0 spiro atoms. The Morgan fingerprint density at radius 2 is 2.00 bits per heavy atom. The van der Waals surface area contributed by atoms with E-state index < -0.39 is 0 Å². The van der Waals surface area contributed by atoms with Gasteiger partial charge in [0.25, 0.3) is 0 Å². The molecular weight excluding hydrogens is 146 g/mol. The maximum absolute atomic E-state index is 2.22. The van der Waals surface area contributed by atoms with Gasteiger partial charge in [-0.2, -0.15) is 0 Å². The van der Waals surface area contributed by atoms with E-state index in [2.05, 4.69) is 55.4 Å². The fourth-order valence-electron chi connectivity index (χ4n) is 1.64. The van der Waals surface area contributed by atoms with Gasteiger partial charge in [-0.1, -0.05) is 31.2 Å². The summed E-state index contributed by atoms with van der Waals surface area (Å²) in [6, 6.07) is 8.54. The van der Waals surface area contributed by atoms with Crippen molar-refractivity contribution in [2.45, 2.75) is 12.8 Å². The standard InChI is InChI=1S/C11H13N/c1-9-7-8-12(2)11-6-4-3-5-10(9)11/h3-9H,1-2H3. The molecular formula is C11H13N. The summed E-state index contributed by atoms with van der Waals surface area (Å²) in [5.74, 6) is 0.553. The van der Waals surface area contributed by atoms with E-state index in [4.69, 9.17) is 0 Å². The number of para-hydroxylation sites is 1. The lowest BCUT2D eigenvalue weighted by Crippen LogP contribution is -2.15. The van der Waals surface area contributed by atoms with E-state index in [0.29, 0.717) is 5.92 Å². The van der Waals surface area contributed by atoms with Gasteiger partial charge in [-0.05, 0) is 11.6 Å². The molecule has 62 valence electrons. The monoisotopic (exact) mass is 159 g/mol. The minimum absolute atomic E-state index is 0.553. The molecule has 1 aliphatic heterocycles. The Morgan fingerprint density at radius 3 is 2.75 bits per heavy atom. The van der Waals surface area contributed by atoms with Crippen LogP contribution in [0.15, 0.2) is 36.5 Å². The third-order valence-corrected chi connectivity index (χ3v) is 2.41. The molecule has 0 aromatic heterocycles. The Labute approximate surface area is 73.3 Å². The Morgan fingerprint density at radius 1 is 1.25 bits per heavy atom. The predicted octanol–water partition coefficient (Wildman–Crippen LogP) is 2.75. The smallest absolute Gasteiger partial charge is 0.0441 e. The third-order valence-electron chi connectivity index (χ3n) is 2.41. The quantitative estimate of drug-likeness (QED) is 0.562. The van der Waals surface area contributed by atoms with Gasteiger partial charge in [0.2, 0.25) is 0 Å². The number of benzene rings is 1. The average molecular weight is 159 g/mol. The van der Waals surface area contributed by atoms with Crippen molar-refractivity contribution in [3.8, 4) is 0 Å². The summed E-state index contributed by atoms with van der Waals surface area (Å²) in [5.41, 5.74) is 2.75. The van der Waals surface area contributed by atoms with Crippen molar-refractivity contribution in [3.05, 3.63) is 42.1 Å². The maximum atomic E-state index is 2.22. The molecule has 1 aliphatic rings. The highest BCUT2D eigenvalue weighted by Gasteiger charge is 2.13. The topological polar surface area (TPSA) is 3.24 Å². The molecule has 1 aromatic rings. The Bertz CT molecular complexity index is 284. The van der Waals surface area contributed by atoms with Crippen LogP contribution < -0.4 is 4.90 Å². The Balaban J connectivity index is 2.54. The van der Waals surface area contributed by atoms with E-state index in [1.165, 1.54) is 11.3 Å². The van der Waals surface area contributed by atoms with Gasteiger partial charge >= 0.3 is 0 Å². The van der Waals surface area contributed by atoms with Crippen molar-refractivity contribution in [2.75, 3.05) is 11.9 Å². The SMILES string of the molecule is CC1C=CN(C)c2ccccc21. The Kier molecular flexibility index (Phi) is 1.65. The molecule has 0 saturated carbocycles. The predicted molar refractivity (Wildman–Crippen MR) is 52.4 cm³/mol. The molecule has 12 heavy (non-hydrogen) atoms. The van der Waals surface area contributed by atoms with Crippen LogP contribution in [0.5, 0.6) is 0 Å². The zero-order valence-corrected chi connectivity index (χ0v) is 7.49. The van der Waals surface area contributed by atoms with Crippen LogP contribution in [0.2, 0.25) is 0 Å². The van der Waals surface area contributed by atoms with E-state index in [1.54, 1.807) is 0 Å². The van der Waals surface area contributed by atoms with Crippen LogP contribution in [0.1, 0.15) is 18.4 Å². The molecule has 1 heteroatoms. The van der Waals surface area contributed by atoms with Gasteiger partial charge in [-0.15, -0.1) is 0 Å². The van der Waals surface area contributed by atoms with Crippen LogP contribution in [0.3, 0.4) is 0 Å². The first-order valence-corrected chi connectivity index (χ1v) is 4.29. The minimum atomic E-state index is 0.553. The zero-order chi connectivity index (χ0) is 8.55. The fourth-order valence-corrected chi connectivity index (χ4v) is 1.64. The fraction of sp³-hybridized carbons (Fsp3) is 0.273. The molecule has 0 fully saturated rings. The van der Waals surface area contributed by atoms with Crippen LogP contribution in [0.4, 0.5) is 5.69 Å². The van der Waals surface area contributed by atoms with Gasteiger partial charge in [0.15, 0.2) is 0 Å². The first kappa shape index (κ1) is 7.41. The maximum Gasteiger partial charge on any atom is 0.0441 e. The Hall–Kier alpha value is -1.24. The van der Waals surface area contributed by atoms with Crippen molar-refractivity contribution in [1.29, 1.82) is 0 Å². The van der Waals surface area contributed by atoms with Crippen LogP contribution in [-0.2, 0) is 0 Å². The van der Waals surface area contributed by atoms with Gasteiger partial charge in [0.05, 0.1) is 0 Å². The summed E-state index contributed by atoms with van der Waals surface area (Å²) >= 11 is 0. The summed E-state index contributed by atoms with van der Waals surface area (Å²) in [6.07, 6.45) is 4.36. The highest BCUT2D eigenvalue weighted by atomic mass is 15.1. The molecule has 0 aliphatic carbocycles. The van der Waals surface area contributed by atoms with E-state index in [-0.39, 0.29) is 0 Å². The van der Waals surface area contributed by atoms with Crippen molar-refractivity contribution in [2.24, 2.45) is 0 Å². The van der Waals surface area contributed by atoms with Gasteiger partial charge in [-0.25, -0.2) is 0 Å². The highest BCUT2D eigenvalue weighted by Crippen LogP contribution is 2.31. The molecule has 0 amide bonds. The summed E-state index contributed by atoms with van der Waals surface area (Å²) in [6.45, 7) is 2.22. The molecule has 1 atom stereocenters. The molecule has 0 N–H and O–H groups in total. The van der Waals surface area contributed by atoms with Gasteiger partial charge in [0, 0.05) is 24.9 Å². The molecule has 1 nitrogen and oxygen atoms in total. The zero-order valence-electron chi connectivity index (χ0n) is 7.49. The number of anilines is 1. The molecule has 1 aromatic carbocycles. The van der Waals surface area contributed by atoms with E-state index in [0.717, 1.165) is 0 Å². The number of allylic oxidation sites excluding steroid dienone is 1. The van der Waals surface area contributed by atoms with Crippen molar-refractivity contribution >= 4 is 5.69 Å². The second kappa shape index (κ2) is 2.67. The number of nitrogens with zero attached hydrogens (tertiary/aromatic N) is 1. The molecule has 0 saturated heterocycles. The second-order valence-corrected chi connectivity index (χ2v) is 3.30. The van der Waals surface area contributed by atoms with Crippen molar-refractivity contribution in [1.82, 2.24) is 0 Å². The largest absolute Gasteiger partial charge is 0.351 e. The summed E-state index contributed by atoms with van der Waals surface area (Å²) in [4.78, 5) is 2.16. The summed E-state index contributed by atoms with van der Waals surface area (Å²) in [5, 5.41) is 0. The first-order valence-electron chi connectivity index (χ1n) is 4.29. The van der Waals surface area contributed by atoms with Gasteiger partial charge in [-0.3, -0.25) is 0 Å². The lowest BCUT2D eigenvalue weighted by atomic mass is 9.96. The van der Waals surface area contributed by atoms with E-state index in [9.17, 15) is 0 Å². The number of hydrogen-bond acceptors (Lipinski definition) is 1. The van der Waals surface area contributed by atoms with E-state index in [1.807, 2.05) is 0 Å². The van der Waals surface area contributed by atoms with Crippen LogP contribution in [-0.4, -0.2) is 7.05 Å². The van der Waals surface area contributed by atoms with Crippen LogP contribution >= 0.6 is 0 Å². The van der Waals surface area contributed by atoms with Crippen molar-refractivity contribution in [3.63, 3.8) is 0 Å². The van der Waals surface area contributed by atoms with Crippen LogP contribution in [0, 0.1) is 0 Å². The second-order valence-electron chi connectivity index (χ2n) is 3.30. The average Bonchev–Trinajstić information content (AvgIpc) is 2.12. The van der Waals surface area contributed by atoms with Gasteiger partial charge < -0.3 is 4.90 Å². The molecule has 0 bridgehead atoms. The summed E-state index contributed by atoms with van der Waals surface area (Å²) < 4.78 is 0. The lowest BCUT2D eigenvalue weighted by Gasteiger charge is -2.25. The lowest BCUT2D eigenvalue weighted by molar-refractivity contribution is 0.920. The molecule has 0 radical (unpaired) electrons. The molecule has 2 rings (SSSR count). The number of rotatable bonds is 0. The first-order chi connectivity index (χ1) is 5.79. The summed E-state index contributed by atoms with van der Waals surface area (Å²) in [7, 11) is 2.08. The number of hydrogen-bond donors (Lipinski definition) is 0. The van der Waals surface area contributed by atoms with Crippen LogP contribution in [0.25, 0.3) is 0 Å². The highest BCUT2D eigenvalue weighted by molar-refractivity contribution is 5.59. The van der Waals surface area contributed by atoms with E-state index >= 15 is 0 Å². The molecule has 1 heterocycles. The normalized spacial score (nSPS) is 20.8. The third kappa shape index (κ3) is 1.02. The molecule has 1 unspecified atom stereocenters. The van der Waals surface area contributed by atoms with Crippen molar-refractivity contribution < 1.29 is 0 Å². The van der Waals surface area contributed by atoms with Gasteiger partial charge in [0.1, 0.15) is 0 Å². The minimum Gasteiger partial charge on any atom is -0.351 e.